The van der Waals surface area contributed by atoms with Gasteiger partial charge in [0.05, 0.1) is 11.0 Å². The summed E-state index contributed by atoms with van der Waals surface area (Å²) in [6.45, 7) is 9.18. The lowest BCUT2D eigenvalue weighted by Gasteiger charge is -2.45. The predicted molar refractivity (Wildman–Crippen MR) is 86.7 cm³/mol. The fourth-order valence-corrected chi connectivity index (χ4v) is 2.88. The molecule has 0 radical (unpaired) electrons. The van der Waals surface area contributed by atoms with Gasteiger partial charge < -0.3 is 9.84 Å². The zero-order valence-electron chi connectivity index (χ0n) is 13.3. The van der Waals surface area contributed by atoms with Gasteiger partial charge in [-0.2, -0.15) is 0 Å². The molecule has 7 heteroatoms. The Hall–Kier alpha value is -1.37. The summed E-state index contributed by atoms with van der Waals surface area (Å²) in [5.74, 6) is 0.604. The lowest BCUT2D eigenvalue weighted by molar-refractivity contribution is -0.385. The first-order valence-corrected chi connectivity index (χ1v) is 7.21. The van der Waals surface area contributed by atoms with Crippen molar-refractivity contribution in [1.82, 2.24) is 4.90 Å². The number of aliphatic hydroxyl groups is 1. The van der Waals surface area contributed by atoms with E-state index in [0.29, 0.717) is 11.3 Å². The quantitative estimate of drug-likeness (QED) is 0.678. The Morgan fingerprint density at radius 2 is 1.95 bits per heavy atom. The largest absolute Gasteiger partial charge is 0.485 e. The number of nitro groups is 1. The van der Waals surface area contributed by atoms with Crippen LogP contribution in [0.25, 0.3) is 0 Å². The number of halogens is 1. The van der Waals surface area contributed by atoms with Crippen molar-refractivity contribution in [3.63, 3.8) is 0 Å². The highest BCUT2D eigenvalue weighted by Crippen LogP contribution is 2.43. The van der Waals surface area contributed by atoms with E-state index in [1.807, 2.05) is 27.7 Å². The summed E-state index contributed by atoms with van der Waals surface area (Å²) in [5.41, 5.74) is -0.0442. The van der Waals surface area contributed by atoms with Crippen LogP contribution in [0.5, 0.6) is 5.75 Å². The van der Waals surface area contributed by atoms with Crippen molar-refractivity contribution in [1.29, 1.82) is 0 Å². The van der Waals surface area contributed by atoms with Crippen LogP contribution in [-0.2, 0) is 0 Å². The second-order valence-electron chi connectivity index (χ2n) is 5.80. The maximum absolute atomic E-state index is 11.0. The molecule has 2 atom stereocenters. The van der Waals surface area contributed by atoms with Crippen LogP contribution in [0, 0.1) is 10.1 Å². The van der Waals surface area contributed by atoms with E-state index in [1.54, 1.807) is 6.07 Å². The van der Waals surface area contributed by atoms with Crippen LogP contribution in [0.4, 0.5) is 5.69 Å². The summed E-state index contributed by atoms with van der Waals surface area (Å²) < 4.78 is 5.84. The molecule has 1 aromatic rings. The molecule has 0 saturated carbocycles. The van der Waals surface area contributed by atoms with Crippen molar-refractivity contribution < 1.29 is 14.8 Å². The van der Waals surface area contributed by atoms with Crippen molar-refractivity contribution in [2.45, 2.75) is 45.4 Å². The van der Waals surface area contributed by atoms with Gasteiger partial charge in [-0.3, -0.25) is 15.0 Å². The van der Waals surface area contributed by atoms with Crippen LogP contribution < -0.4 is 4.74 Å². The van der Waals surface area contributed by atoms with Crippen molar-refractivity contribution in [3.8, 4) is 5.75 Å². The van der Waals surface area contributed by atoms with Gasteiger partial charge in [-0.05, 0) is 33.0 Å². The Balaban J connectivity index is 0.00000242. The molecule has 0 unspecified atom stereocenters. The second-order valence-corrected chi connectivity index (χ2v) is 5.80. The number of likely N-dealkylation sites (N-methyl/N-ethyl adjacent to an activating group) is 1. The molecule has 1 aromatic carbocycles. The van der Waals surface area contributed by atoms with E-state index >= 15 is 0 Å². The van der Waals surface area contributed by atoms with Crippen LogP contribution in [-0.4, -0.2) is 39.7 Å². The number of hydrogen-bond acceptors (Lipinski definition) is 5. The standard InChI is InChI=1S/C15H22N2O4.ClH/c1-5-16(6-2)13-11-9-10(17(19)20)7-8-12(11)21-15(3,4)14(13)18;/h7-9,13-14,18H,5-6H2,1-4H3;1H/t13-,14+;/m1./s1. The fraction of sp³-hybridized carbons (Fsp3) is 0.600. The Morgan fingerprint density at radius 1 is 1.36 bits per heavy atom. The van der Waals surface area contributed by atoms with Crippen molar-refractivity contribution in [2.24, 2.45) is 0 Å². The molecule has 1 N–H and O–H groups in total. The molecule has 0 amide bonds. The SMILES string of the molecule is CCN(CC)[C@@H]1c2cc([N+](=O)[O-])ccc2OC(C)(C)[C@H]1O.Cl. The fourth-order valence-electron chi connectivity index (χ4n) is 2.88. The van der Waals surface area contributed by atoms with Gasteiger partial charge in [0.15, 0.2) is 0 Å². The summed E-state index contributed by atoms with van der Waals surface area (Å²) in [6.07, 6.45) is -0.757. The highest BCUT2D eigenvalue weighted by Gasteiger charge is 2.45. The molecule has 0 aromatic heterocycles. The van der Waals surface area contributed by atoms with Crippen LogP contribution in [0.3, 0.4) is 0 Å². The van der Waals surface area contributed by atoms with E-state index in [9.17, 15) is 15.2 Å². The monoisotopic (exact) mass is 330 g/mol. The Kier molecular flexibility index (Phi) is 5.78. The second kappa shape index (κ2) is 6.81. The molecular weight excluding hydrogens is 308 g/mol. The van der Waals surface area contributed by atoms with Gasteiger partial charge in [0.1, 0.15) is 17.5 Å². The third-order valence-electron chi connectivity index (χ3n) is 4.11. The van der Waals surface area contributed by atoms with Gasteiger partial charge in [-0.15, -0.1) is 12.4 Å². The first-order valence-electron chi connectivity index (χ1n) is 7.21. The third kappa shape index (κ3) is 3.19. The Morgan fingerprint density at radius 3 is 2.45 bits per heavy atom. The molecule has 1 aliphatic heterocycles. The first-order chi connectivity index (χ1) is 9.81. The predicted octanol–water partition coefficient (Wildman–Crippen LogP) is 2.93. The van der Waals surface area contributed by atoms with Crippen LogP contribution in [0.15, 0.2) is 18.2 Å². The molecule has 124 valence electrons. The minimum absolute atomic E-state index is 0. The molecule has 0 aliphatic carbocycles. The molecule has 0 bridgehead atoms. The molecule has 2 rings (SSSR count). The van der Waals surface area contributed by atoms with Crippen molar-refractivity contribution >= 4 is 18.1 Å². The molecule has 0 saturated heterocycles. The molecule has 6 nitrogen and oxygen atoms in total. The number of hydrogen-bond donors (Lipinski definition) is 1. The summed E-state index contributed by atoms with van der Waals surface area (Å²) in [6, 6.07) is 4.26. The lowest BCUT2D eigenvalue weighted by atomic mass is 9.85. The van der Waals surface area contributed by atoms with E-state index in [4.69, 9.17) is 4.74 Å². The van der Waals surface area contributed by atoms with Gasteiger partial charge >= 0.3 is 0 Å². The van der Waals surface area contributed by atoms with E-state index in [0.717, 1.165) is 13.1 Å². The third-order valence-corrected chi connectivity index (χ3v) is 4.11. The highest BCUT2D eigenvalue weighted by molar-refractivity contribution is 5.85. The number of nitro benzene ring substituents is 1. The van der Waals surface area contributed by atoms with Gasteiger partial charge in [0.25, 0.3) is 5.69 Å². The number of nitrogens with zero attached hydrogens (tertiary/aromatic N) is 2. The summed E-state index contributed by atoms with van der Waals surface area (Å²) >= 11 is 0. The van der Waals surface area contributed by atoms with Crippen molar-refractivity contribution in [3.05, 3.63) is 33.9 Å². The molecule has 0 fully saturated rings. The number of ether oxygens (including phenoxy) is 1. The average Bonchev–Trinajstić information content (AvgIpc) is 2.43. The van der Waals surface area contributed by atoms with Crippen LogP contribution in [0.2, 0.25) is 0 Å². The zero-order chi connectivity index (χ0) is 15.8. The van der Waals surface area contributed by atoms with E-state index < -0.39 is 16.6 Å². The Labute approximate surface area is 136 Å². The summed E-state index contributed by atoms with van der Waals surface area (Å²) in [7, 11) is 0. The molecule has 22 heavy (non-hydrogen) atoms. The van der Waals surface area contributed by atoms with Gasteiger partial charge in [-0.25, -0.2) is 0 Å². The normalized spacial score (nSPS) is 22.5. The number of rotatable bonds is 4. The van der Waals surface area contributed by atoms with Crippen LogP contribution in [0.1, 0.15) is 39.3 Å². The number of benzene rings is 1. The van der Waals surface area contributed by atoms with Gasteiger partial charge in [0, 0.05) is 17.7 Å². The highest BCUT2D eigenvalue weighted by atomic mass is 35.5. The lowest BCUT2D eigenvalue weighted by Crippen LogP contribution is -2.53. The maximum Gasteiger partial charge on any atom is 0.270 e. The zero-order valence-corrected chi connectivity index (χ0v) is 14.1. The number of non-ortho nitro benzene ring substituents is 1. The maximum atomic E-state index is 11.0. The first kappa shape index (κ1) is 18.7. The summed E-state index contributed by atoms with van der Waals surface area (Å²) in [5, 5.41) is 21.7. The van der Waals surface area contributed by atoms with Gasteiger partial charge in [-0.1, -0.05) is 13.8 Å². The summed E-state index contributed by atoms with van der Waals surface area (Å²) in [4.78, 5) is 12.7. The van der Waals surface area contributed by atoms with E-state index in [1.165, 1.54) is 12.1 Å². The average molecular weight is 331 g/mol. The van der Waals surface area contributed by atoms with E-state index in [2.05, 4.69) is 4.90 Å². The number of aliphatic hydroxyl groups excluding tert-OH is 1. The minimum Gasteiger partial charge on any atom is -0.485 e. The molecule has 0 spiro atoms. The molecular formula is C15H23ClN2O4. The topological polar surface area (TPSA) is 75.8 Å². The Bertz CT molecular complexity index is 546. The van der Waals surface area contributed by atoms with E-state index in [-0.39, 0.29) is 24.1 Å². The van der Waals surface area contributed by atoms with Crippen molar-refractivity contribution in [2.75, 3.05) is 13.1 Å². The molecule has 1 heterocycles. The smallest absolute Gasteiger partial charge is 0.270 e. The van der Waals surface area contributed by atoms with Crippen LogP contribution >= 0.6 is 12.4 Å². The number of fused-ring (bicyclic) bond motifs is 1. The minimum atomic E-state index is -0.757. The molecule has 1 aliphatic rings. The van der Waals surface area contributed by atoms with Gasteiger partial charge in [0.2, 0.25) is 0 Å².